The average molecular weight is 189 g/mol. The molecule has 0 fully saturated rings. The topological polar surface area (TPSA) is 14.2 Å². The summed E-state index contributed by atoms with van der Waals surface area (Å²) in [5.41, 5.74) is 3.71. The van der Waals surface area contributed by atoms with E-state index in [1.54, 1.807) is 7.11 Å². The van der Waals surface area contributed by atoms with Gasteiger partial charge in [0.1, 0.15) is 5.75 Å². The highest BCUT2D eigenvalue weighted by Crippen LogP contribution is 2.30. The van der Waals surface area contributed by atoms with Crippen molar-refractivity contribution in [2.45, 2.75) is 13.8 Å². The van der Waals surface area contributed by atoms with Crippen molar-refractivity contribution >= 4 is 10.9 Å². The molecule has 0 N–H and O–H groups in total. The molecule has 2 heteroatoms. The molecule has 74 valence electrons. The fourth-order valence-corrected chi connectivity index (χ4v) is 1.99. The molecule has 0 saturated heterocycles. The van der Waals surface area contributed by atoms with Crippen molar-refractivity contribution < 1.29 is 4.74 Å². The smallest absolute Gasteiger partial charge is 0.143 e. The largest absolute Gasteiger partial charge is 0.495 e. The van der Waals surface area contributed by atoms with E-state index in [1.165, 1.54) is 22.0 Å². The van der Waals surface area contributed by atoms with Gasteiger partial charge in [0.05, 0.1) is 12.6 Å². The Hall–Kier alpha value is -1.44. The molecule has 0 aliphatic heterocycles. The fraction of sp³-hybridized carbons (Fsp3) is 0.333. The molecule has 0 bridgehead atoms. The second kappa shape index (κ2) is 3.05. The molecule has 0 saturated carbocycles. The molecule has 2 nitrogen and oxygen atoms in total. The number of hydrogen-bond donors (Lipinski definition) is 0. The minimum atomic E-state index is 0.954. The first kappa shape index (κ1) is 9.13. The van der Waals surface area contributed by atoms with E-state index >= 15 is 0 Å². The molecular formula is C12H15NO. The maximum Gasteiger partial charge on any atom is 0.143 e. The first-order valence-electron chi connectivity index (χ1n) is 4.73. The first-order chi connectivity index (χ1) is 6.63. The van der Waals surface area contributed by atoms with Crippen LogP contribution in [0.2, 0.25) is 0 Å². The lowest BCUT2D eigenvalue weighted by Gasteiger charge is -2.06. The molecular weight excluding hydrogens is 174 g/mol. The fourth-order valence-electron chi connectivity index (χ4n) is 1.99. The van der Waals surface area contributed by atoms with Crippen LogP contribution in [-0.2, 0) is 7.05 Å². The predicted octanol–water partition coefficient (Wildman–Crippen LogP) is 2.80. The van der Waals surface area contributed by atoms with Gasteiger partial charge in [-0.1, -0.05) is 0 Å². The van der Waals surface area contributed by atoms with E-state index in [0.717, 1.165) is 5.75 Å². The lowest BCUT2D eigenvalue weighted by molar-refractivity contribution is 0.417. The van der Waals surface area contributed by atoms with Crippen LogP contribution in [0.4, 0.5) is 0 Å². The number of hydrogen-bond acceptors (Lipinski definition) is 1. The Labute approximate surface area is 84.1 Å². The Bertz CT molecular complexity index is 483. The second-order valence-electron chi connectivity index (χ2n) is 3.79. The number of aryl methyl sites for hydroxylation is 3. The molecule has 0 amide bonds. The van der Waals surface area contributed by atoms with Crippen LogP contribution in [0.25, 0.3) is 10.9 Å². The minimum absolute atomic E-state index is 0.954. The van der Waals surface area contributed by atoms with Crippen molar-refractivity contribution in [2.75, 3.05) is 7.11 Å². The monoisotopic (exact) mass is 189 g/mol. The van der Waals surface area contributed by atoms with E-state index in [1.807, 2.05) is 7.05 Å². The zero-order valence-corrected chi connectivity index (χ0v) is 9.09. The summed E-state index contributed by atoms with van der Waals surface area (Å²) < 4.78 is 7.50. The first-order valence-corrected chi connectivity index (χ1v) is 4.73. The van der Waals surface area contributed by atoms with Gasteiger partial charge in [-0.05, 0) is 37.1 Å². The van der Waals surface area contributed by atoms with Gasteiger partial charge in [0.2, 0.25) is 0 Å². The normalized spacial score (nSPS) is 10.9. The highest BCUT2D eigenvalue weighted by Gasteiger charge is 2.08. The molecule has 0 aliphatic rings. The molecule has 1 aromatic heterocycles. The van der Waals surface area contributed by atoms with Gasteiger partial charge in [-0.2, -0.15) is 0 Å². The molecule has 0 atom stereocenters. The molecule has 0 aliphatic carbocycles. The third-order valence-corrected chi connectivity index (χ3v) is 2.60. The number of aromatic nitrogens is 1. The predicted molar refractivity (Wildman–Crippen MR) is 58.9 cm³/mol. The van der Waals surface area contributed by atoms with Crippen LogP contribution >= 0.6 is 0 Å². The van der Waals surface area contributed by atoms with Crippen LogP contribution in [0.15, 0.2) is 18.3 Å². The van der Waals surface area contributed by atoms with E-state index in [9.17, 15) is 0 Å². The summed E-state index contributed by atoms with van der Waals surface area (Å²) in [7, 11) is 3.77. The van der Waals surface area contributed by atoms with Crippen molar-refractivity contribution in [1.29, 1.82) is 0 Å². The average Bonchev–Trinajstić information content (AvgIpc) is 2.41. The number of methoxy groups -OCH3 is 1. The lowest BCUT2D eigenvalue weighted by atomic mass is 10.1. The Balaban J connectivity index is 2.90. The maximum absolute atomic E-state index is 5.38. The zero-order chi connectivity index (χ0) is 10.3. The van der Waals surface area contributed by atoms with Crippen molar-refractivity contribution in [3.05, 3.63) is 29.5 Å². The highest BCUT2D eigenvalue weighted by atomic mass is 16.5. The van der Waals surface area contributed by atoms with Crippen LogP contribution in [0, 0.1) is 13.8 Å². The minimum Gasteiger partial charge on any atom is -0.495 e. The van der Waals surface area contributed by atoms with Gasteiger partial charge in [-0.15, -0.1) is 0 Å². The van der Waals surface area contributed by atoms with Crippen LogP contribution in [-0.4, -0.2) is 11.7 Å². The van der Waals surface area contributed by atoms with E-state index < -0.39 is 0 Å². The number of benzene rings is 1. The molecule has 0 spiro atoms. The van der Waals surface area contributed by atoms with Crippen molar-refractivity contribution in [1.82, 2.24) is 4.57 Å². The quantitative estimate of drug-likeness (QED) is 0.672. The molecule has 1 aromatic carbocycles. The third-order valence-electron chi connectivity index (χ3n) is 2.60. The van der Waals surface area contributed by atoms with Gasteiger partial charge < -0.3 is 9.30 Å². The second-order valence-corrected chi connectivity index (χ2v) is 3.79. The summed E-state index contributed by atoms with van der Waals surface area (Å²) in [6.45, 7) is 4.22. The summed E-state index contributed by atoms with van der Waals surface area (Å²) in [4.78, 5) is 0. The van der Waals surface area contributed by atoms with Crippen LogP contribution < -0.4 is 4.74 Å². The molecule has 1 heterocycles. The Kier molecular flexibility index (Phi) is 1.99. The summed E-state index contributed by atoms with van der Waals surface area (Å²) >= 11 is 0. The molecule has 2 aromatic rings. The van der Waals surface area contributed by atoms with Gasteiger partial charge >= 0.3 is 0 Å². The summed E-state index contributed by atoms with van der Waals surface area (Å²) in [5.74, 6) is 0.954. The number of fused-ring (bicyclic) bond motifs is 1. The van der Waals surface area contributed by atoms with Gasteiger partial charge in [-0.25, -0.2) is 0 Å². The zero-order valence-electron chi connectivity index (χ0n) is 9.09. The van der Waals surface area contributed by atoms with Crippen molar-refractivity contribution in [2.24, 2.45) is 7.05 Å². The summed E-state index contributed by atoms with van der Waals surface area (Å²) in [6.07, 6.45) is 2.13. The van der Waals surface area contributed by atoms with Crippen molar-refractivity contribution in [3.8, 4) is 5.75 Å². The molecule has 2 rings (SSSR count). The number of nitrogens with zero attached hydrogens (tertiary/aromatic N) is 1. The highest BCUT2D eigenvalue weighted by molar-refractivity contribution is 5.89. The lowest BCUT2D eigenvalue weighted by Crippen LogP contribution is -1.90. The van der Waals surface area contributed by atoms with E-state index in [2.05, 4.69) is 36.7 Å². The Morgan fingerprint density at radius 1 is 1.21 bits per heavy atom. The number of rotatable bonds is 1. The van der Waals surface area contributed by atoms with Gasteiger partial charge in [0, 0.05) is 18.6 Å². The van der Waals surface area contributed by atoms with E-state index in [0.29, 0.717) is 0 Å². The van der Waals surface area contributed by atoms with Crippen molar-refractivity contribution in [3.63, 3.8) is 0 Å². The summed E-state index contributed by atoms with van der Waals surface area (Å²) in [6, 6.07) is 4.27. The molecule has 0 radical (unpaired) electrons. The van der Waals surface area contributed by atoms with Gasteiger partial charge in [0.15, 0.2) is 0 Å². The Morgan fingerprint density at radius 2 is 1.93 bits per heavy atom. The van der Waals surface area contributed by atoms with Crippen LogP contribution in [0.1, 0.15) is 11.1 Å². The third kappa shape index (κ3) is 1.18. The van der Waals surface area contributed by atoms with E-state index in [4.69, 9.17) is 4.74 Å². The van der Waals surface area contributed by atoms with E-state index in [-0.39, 0.29) is 0 Å². The summed E-state index contributed by atoms with van der Waals surface area (Å²) in [5, 5.41) is 1.28. The van der Waals surface area contributed by atoms with Crippen LogP contribution in [0.3, 0.4) is 0 Å². The van der Waals surface area contributed by atoms with Crippen LogP contribution in [0.5, 0.6) is 5.75 Å². The molecule has 14 heavy (non-hydrogen) atoms. The Morgan fingerprint density at radius 3 is 2.57 bits per heavy atom. The standard InChI is InChI=1S/C12H15NO/c1-8-5-10-9(2)7-13(3)12(10)11(6-8)14-4/h5-7H,1-4H3. The SMILES string of the molecule is COc1cc(C)cc2c(C)cn(C)c12. The number of ether oxygens (including phenoxy) is 1. The van der Waals surface area contributed by atoms with Gasteiger partial charge in [-0.3, -0.25) is 0 Å². The van der Waals surface area contributed by atoms with Gasteiger partial charge in [0.25, 0.3) is 0 Å². The maximum atomic E-state index is 5.38. The molecule has 0 unspecified atom stereocenters.